The summed E-state index contributed by atoms with van der Waals surface area (Å²) in [6.07, 6.45) is -0.540. The van der Waals surface area contributed by atoms with E-state index in [-0.39, 0.29) is 13.2 Å². The molecule has 8 heteroatoms. The first-order chi connectivity index (χ1) is 16.5. The summed E-state index contributed by atoms with van der Waals surface area (Å²) in [5.41, 5.74) is 2.88. The van der Waals surface area contributed by atoms with E-state index in [1.807, 2.05) is 43.3 Å². The Kier molecular flexibility index (Phi) is 7.39. The van der Waals surface area contributed by atoms with Crippen molar-refractivity contribution in [1.29, 1.82) is 0 Å². The second-order valence-corrected chi connectivity index (χ2v) is 8.55. The molecule has 0 atom stereocenters. The standard InChI is InChI=1S/C26H24N2O5S/c1-18-16-20(33-17-24-27-21-10-6-7-11-23(21)34-24)12-13-22(18)28(26(30)31-2)14-15-32-25(29)19-8-4-3-5-9-19/h3-13,16H,14-15,17H2,1-2H3. The summed E-state index contributed by atoms with van der Waals surface area (Å²) in [4.78, 5) is 30.6. The van der Waals surface area contributed by atoms with E-state index < -0.39 is 12.1 Å². The molecule has 0 aliphatic carbocycles. The summed E-state index contributed by atoms with van der Waals surface area (Å²) in [5, 5.41) is 0.888. The average Bonchev–Trinajstić information content (AvgIpc) is 3.29. The van der Waals surface area contributed by atoms with Gasteiger partial charge in [0.05, 0.1) is 35.1 Å². The van der Waals surface area contributed by atoms with E-state index in [1.54, 1.807) is 47.7 Å². The van der Waals surface area contributed by atoms with Gasteiger partial charge < -0.3 is 14.2 Å². The SMILES string of the molecule is COC(=O)N(CCOC(=O)c1ccccc1)c1ccc(OCc2nc3ccccc3s2)cc1C. The van der Waals surface area contributed by atoms with Crippen molar-refractivity contribution >= 4 is 39.3 Å². The Balaban J connectivity index is 1.40. The Morgan fingerprint density at radius 3 is 2.50 bits per heavy atom. The number of carbonyl (C=O) groups is 2. The van der Waals surface area contributed by atoms with Gasteiger partial charge in [-0.2, -0.15) is 0 Å². The van der Waals surface area contributed by atoms with Crippen molar-refractivity contribution in [2.75, 3.05) is 25.2 Å². The molecular formula is C26H24N2O5S. The molecule has 0 saturated carbocycles. The van der Waals surface area contributed by atoms with Crippen molar-refractivity contribution in [3.05, 3.63) is 88.9 Å². The van der Waals surface area contributed by atoms with E-state index in [9.17, 15) is 9.59 Å². The lowest BCUT2D eigenvalue weighted by molar-refractivity contribution is 0.0513. The Morgan fingerprint density at radius 1 is 1.00 bits per heavy atom. The van der Waals surface area contributed by atoms with Gasteiger partial charge in [0.25, 0.3) is 0 Å². The van der Waals surface area contributed by atoms with Gasteiger partial charge in [-0.3, -0.25) is 4.90 Å². The zero-order valence-electron chi connectivity index (χ0n) is 18.9. The number of anilines is 1. The van der Waals surface area contributed by atoms with Gasteiger partial charge in [-0.1, -0.05) is 30.3 Å². The van der Waals surface area contributed by atoms with Gasteiger partial charge in [0.15, 0.2) is 0 Å². The molecule has 34 heavy (non-hydrogen) atoms. The number of carbonyl (C=O) groups excluding carboxylic acids is 2. The smallest absolute Gasteiger partial charge is 0.414 e. The minimum Gasteiger partial charge on any atom is -0.486 e. The largest absolute Gasteiger partial charge is 0.486 e. The van der Waals surface area contributed by atoms with Crippen molar-refractivity contribution in [3.63, 3.8) is 0 Å². The minimum absolute atomic E-state index is 0.0259. The molecule has 0 aliphatic rings. The van der Waals surface area contributed by atoms with Crippen LogP contribution in [0.25, 0.3) is 10.2 Å². The number of fused-ring (bicyclic) bond motifs is 1. The minimum atomic E-state index is -0.540. The monoisotopic (exact) mass is 476 g/mol. The summed E-state index contributed by atoms with van der Waals surface area (Å²) in [6, 6.07) is 22.1. The highest BCUT2D eigenvalue weighted by atomic mass is 32.1. The van der Waals surface area contributed by atoms with E-state index in [0.29, 0.717) is 23.6 Å². The number of aromatic nitrogens is 1. The molecule has 0 aliphatic heterocycles. The van der Waals surface area contributed by atoms with Crippen LogP contribution >= 0.6 is 11.3 Å². The van der Waals surface area contributed by atoms with Crippen LogP contribution in [0.15, 0.2) is 72.8 Å². The van der Waals surface area contributed by atoms with E-state index in [2.05, 4.69) is 4.98 Å². The molecular weight excluding hydrogens is 452 g/mol. The summed E-state index contributed by atoms with van der Waals surface area (Å²) < 4.78 is 17.3. The van der Waals surface area contributed by atoms with Gasteiger partial charge in [-0.05, 0) is 55.0 Å². The molecule has 1 heterocycles. The molecule has 4 rings (SSSR count). The number of aryl methyl sites for hydroxylation is 1. The summed E-state index contributed by atoms with van der Waals surface area (Å²) in [5.74, 6) is 0.224. The van der Waals surface area contributed by atoms with Gasteiger partial charge in [0.1, 0.15) is 24.0 Å². The fourth-order valence-corrected chi connectivity index (χ4v) is 4.34. The fourth-order valence-electron chi connectivity index (χ4n) is 3.45. The first-order valence-electron chi connectivity index (χ1n) is 10.7. The lowest BCUT2D eigenvalue weighted by Crippen LogP contribution is -2.35. The highest BCUT2D eigenvalue weighted by Gasteiger charge is 2.19. The lowest BCUT2D eigenvalue weighted by atomic mass is 10.1. The third-order valence-electron chi connectivity index (χ3n) is 5.11. The number of para-hydroxylation sites is 1. The van der Waals surface area contributed by atoms with Gasteiger partial charge in [-0.25, -0.2) is 14.6 Å². The molecule has 174 valence electrons. The maximum absolute atomic E-state index is 12.4. The number of esters is 1. The molecule has 1 amide bonds. The Hall–Kier alpha value is -3.91. The number of benzene rings is 3. The number of rotatable bonds is 8. The average molecular weight is 477 g/mol. The second kappa shape index (κ2) is 10.8. The van der Waals surface area contributed by atoms with Crippen molar-refractivity contribution in [2.24, 2.45) is 0 Å². The molecule has 3 aromatic carbocycles. The van der Waals surface area contributed by atoms with E-state index in [0.717, 1.165) is 20.8 Å². The molecule has 7 nitrogen and oxygen atoms in total. The van der Waals surface area contributed by atoms with Gasteiger partial charge in [0, 0.05) is 0 Å². The van der Waals surface area contributed by atoms with Crippen LogP contribution in [0.1, 0.15) is 20.9 Å². The van der Waals surface area contributed by atoms with Crippen molar-refractivity contribution < 1.29 is 23.8 Å². The van der Waals surface area contributed by atoms with E-state index in [1.165, 1.54) is 12.0 Å². The highest BCUT2D eigenvalue weighted by Crippen LogP contribution is 2.27. The van der Waals surface area contributed by atoms with Crippen LogP contribution in [0.4, 0.5) is 10.5 Å². The summed E-state index contributed by atoms with van der Waals surface area (Å²) in [6.45, 7) is 2.41. The Labute approximate surface area is 201 Å². The molecule has 0 N–H and O–H groups in total. The zero-order chi connectivity index (χ0) is 23.9. The van der Waals surface area contributed by atoms with Crippen LogP contribution in [0.5, 0.6) is 5.75 Å². The van der Waals surface area contributed by atoms with Crippen molar-refractivity contribution in [3.8, 4) is 5.75 Å². The zero-order valence-corrected chi connectivity index (χ0v) is 19.7. The third-order valence-corrected chi connectivity index (χ3v) is 6.12. The maximum atomic E-state index is 12.4. The van der Waals surface area contributed by atoms with Gasteiger partial charge in [0.2, 0.25) is 0 Å². The second-order valence-electron chi connectivity index (χ2n) is 7.44. The van der Waals surface area contributed by atoms with Crippen molar-refractivity contribution in [1.82, 2.24) is 4.98 Å². The maximum Gasteiger partial charge on any atom is 0.414 e. The topological polar surface area (TPSA) is 78.0 Å². The quantitative estimate of drug-likeness (QED) is 0.308. The molecule has 1 aromatic heterocycles. The van der Waals surface area contributed by atoms with Crippen LogP contribution in [-0.4, -0.2) is 37.3 Å². The first kappa shape index (κ1) is 23.3. The Morgan fingerprint density at radius 2 is 1.76 bits per heavy atom. The summed E-state index contributed by atoms with van der Waals surface area (Å²) in [7, 11) is 1.32. The molecule has 0 unspecified atom stereocenters. The van der Waals surface area contributed by atoms with E-state index in [4.69, 9.17) is 14.2 Å². The molecule has 0 saturated heterocycles. The van der Waals surface area contributed by atoms with Crippen LogP contribution < -0.4 is 9.64 Å². The van der Waals surface area contributed by atoms with Crippen molar-refractivity contribution in [2.45, 2.75) is 13.5 Å². The Bertz CT molecular complexity index is 1260. The van der Waals surface area contributed by atoms with Crippen LogP contribution in [0.3, 0.4) is 0 Å². The normalized spacial score (nSPS) is 10.6. The number of hydrogen-bond acceptors (Lipinski definition) is 7. The number of hydrogen-bond donors (Lipinski definition) is 0. The lowest BCUT2D eigenvalue weighted by Gasteiger charge is -2.23. The predicted molar refractivity (Wildman–Crippen MR) is 132 cm³/mol. The molecule has 0 radical (unpaired) electrons. The number of ether oxygens (including phenoxy) is 3. The van der Waals surface area contributed by atoms with Gasteiger partial charge in [-0.15, -0.1) is 11.3 Å². The number of amides is 1. The molecule has 0 spiro atoms. The number of methoxy groups -OCH3 is 1. The third kappa shape index (κ3) is 5.52. The number of thiazole rings is 1. The first-order valence-corrected chi connectivity index (χ1v) is 11.5. The van der Waals surface area contributed by atoms with Crippen LogP contribution in [-0.2, 0) is 16.1 Å². The number of nitrogens with zero attached hydrogens (tertiary/aromatic N) is 2. The molecule has 0 bridgehead atoms. The van der Waals surface area contributed by atoms with Crippen LogP contribution in [0.2, 0.25) is 0 Å². The predicted octanol–water partition coefficient (Wildman–Crippen LogP) is 5.61. The molecule has 4 aromatic rings. The van der Waals surface area contributed by atoms with Crippen LogP contribution in [0, 0.1) is 6.92 Å². The highest BCUT2D eigenvalue weighted by molar-refractivity contribution is 7.18. The summed E-state index contributed by atoms with van der Waals surface area (Å²) >= 11 is 1.60. The van der Waals surface area contributed by atoms with Gasteiger partial charge >= 0.3 is 12.1 Å². The molecule has 0 fully saturated rings. The van der Waals surface area contributed by atoms with E-state index >= 15 is 0 Å². The fraction of sp³-hybridized carbons (Fsp3) is 0.192.